The fourth-order valence-electron chi connectivity index (χ4n) is 5.03. The number of methoxy groups -OCH3 is 1. The number of nitrogens with zero attached hydrogens (tertiary/aromatic N) is 1. The monoisotopic (exact) mass is 604 g/mol. The Balaban J connectivity index is 1.19. The summed E-state index contributed by atoms with van der Waals surface area (Å²) in [5, 5.41) is 14.6. The molecule has 0 aromatic heterocycles. The van der Waals surface area contributed by atoms with E-state index in [1.54, 1.807) is 24.1 Å². The van der Waals surface area contributed by atoms with Gasteiger partial charge < -0.3 is 29.5 Å². The van der Waals surface area contributed by atoms with Crippen LogP contribution < -0.4 is 10.1 Å². The first kappa shape index (κ1) is 31.3. The Morgan fingerprint density at radius 1 is 0.800 bits per heavy atom. The standard InChI is InChI=1S/C37H36N2O6/c1-39(36(40)31-11-10-30-22-34(17-14-29(30)21-31)45-25-44-19-18-43-2)24-26-6-5-8-28(20-26)27-12-15-33(16-13-27)38-23-32-7-3-4-9-35(32)37(41)42/h3-17,20-22,38H,18-19,23-25H2,1-2H3,(H,41,42). The number of ether oxygens (including phenoxy) is 3. The summed E-state index contributed by atoms with van der Waals surface area (Å²) in [5.74, 6) is -0.300. The lowest BCUT2D eigenvalue weighted by molar-refractivity contribution is -0.00841. The average molecular weight is 605 g/mol. The second-order valence-corrected chi connectivity index (χ2v) is 10.6. The van der Waals surface area contributed by atoms with E-state index in [9.17, 15) is 14.7 Å². The lowest BCUT2D eigenvalue weighted by atomic mass is 10.0. The van der Waals surface area contributed by atoms with Gasteiger partial charge in [-0.15, -0.1) is 0 Å². The van der Waals surface area contributed by atoms with Crippen molar-refractivity contribution >= 4 is 28.3 Å². The summed E-state index contributed by atoms with van der Waals surface area (Å²) in [4.78, 5) is 26.5. The molecule has 0 bridgehead atoms. The molecule has 8 heteroatoms. The van der Waals surface area contributed by atoms with E-state index >= 15 is 0 Å². The van der Waals surface area contributed by atoms with Crippen LogP contribution in [0.4, 0.5) is 5.69 Å². The van der Waals surface area contributed by atoms with Crippen molar-refractivity contribution in [2.24, 2.45) is 0 Å². The number of anilines is 1. The van der Waals surface area contributed by atoms with Crippen molar-refractivity contribution in [3.05, 3.63) is 131 Å². The van der Waals surface area contributed by atoms with Crippen LogP contribution in [0.1, 0.15) is 31.8 Å². The maximum absolute atomic E-state index is 13.3. The number of carbonyl (C=O) groups excluding carboxylic acids is 1. The highest BCUT2D eigenvalue weighted by atomic mass is 16.7. The zero-order valence-electron chi connectivity index (χ0n) is 25.4. The zero-order valence-corrected chi connectivity index (χ0v) is 25.4. The van der Waals surface area contributed by atoms with E-state index in [0.29, 0.717) is 43.2 Å². The van der Waals surface area contributed by atoms with Crippen molar-refractivity contribution < 1.29 is 28.9 Å². The number of amides is 1. The topological polar surface area (TPSA) is 97.3 Å². The quantitative estimate of drug-likeness (QED) is 0.103. The molecule has 0 aliphatic rings. The number of carboxylic acids is 1. The molecule has 0 saturated carbocycles. The fourth-order valence-corrected chi connectivity index (χ4v) is 5.03. The van der Waals surface area contributed by atoms with Crippen LogP contribution in [0.5, 0.6) is 5.75 Å². The van der Waals surface area contributed by atoms with Gasteiger partial charge in [0.25, 0.3) is 5.91 Å². The molecule has 0 saturated heterocycles. The Morgan fingerprint density at radius 3 is 2.38 bits per heavy atom. The van der Waals surface area contributed by atoms with Crippen LogP contribution >= 0.6 is 0 Å². The van der Waals surface area contributed by atoms with Gasteiger partial charge in [-0.25, -0.2) is 4.79 Å². The first-order valence-electron chi connectivity index (χ1n) is 14.6. The summed E-state index contributed by atoms with van der Waals surface area (Å²) < 4.78 is 16.0. The van der Waals surface area contributed by atoms with Crippen LogP contribution in [0.3, 0.4) is 0 Å². The van der Waals surface area contributed by atoms with Gasteiger partial charge in [-0.05, 0) is 81.6 Å². The Bertz CT molecular complexity index is 1770. The molecule has 5 aromatic carbocycles. The first-order valence-corrected chi connectivity index (χ1v) is 14.6. The molecule has 45 heavy (non-hydrogen) atoms. The normalized spacial score (nSPS) is 10.9. The molecule has 5 aromatic rings. The van der Waals surface area contributed by atoms with Gasteiger partial charge in [0.2, 0.25) is 0 Å². The molecular formula is C37H36N2O6. The third-order valence-electron chi connectivity index (χ3n) is 7.44. The van der Waals surface area contributed by atoms with Crippen LogP contribution in [0, 0.1) is 0 Å². The molecule has 0 spiro atoms. The summed E-state index contributed by atoms with van der Waals surface area (Å²) in [6.45, 7) is 2.00. The van der Waals surface area contributed by atoms with Crippen LogP contribution in [0.15, 0.2) is 109 Å². The largest absolute Gasteiger partial charge is 0.478 e. The number of carbonyl (C=O) groups is 2. The van der Waals surface area contributed by atoms with Gasteiger partial charge in [0, 0.05) is 38.5 Å². The minimum atomic E-state index is -0.937. The van der Waals surface area contributed by atoms with Gasteiger partial charge in [0.05, 0.1) is 18.8 Å². The number of aromatic carboxylic acids is 1. The third-order valence-corrected chi connectivity index (χ3v) is 7.44. The second kappa shape index (κ2) is 15.0. The van der Waals surface area contributed by atoms with Crippen molar-refractivity contribution in [1.29, 1.82) is 0 Å². The van der Waals surface area contributed by atoms with Crippen molar-refractivity contribution in [2.75, 3.05) is 39.5 Å². The van der Waals surface area contributed by atoms with Crippen LogP contribution in [0.25, 0.3) is 21.9 Å². The van der Waals surface area contributed by atoms with Gasteiger partial charge in [-0.3, -0.25) is 4.79 Å². The number of hydrogen-bond donors (Lipinski definition) is 2. The SMILES string of the molecule is COCCOCOc1ccc2cc(C(=O)N(C)Cc3cccc(-c4ccc(NCc5ccccc5C(=O)O)cc4)c3)ccc2c1. The van der Waals surface area contributed by atoms with Crippen LogP contribution in [0.2, 0.25) is 0 Å². The number of carboxylic acid groups (broad SMARTS) is 1. The number of benzene rings is 5. The third kappa shape index (κ3) is 8.26. The highest BCUT2D eigenvalue weighted by molar-refractivity contribution is 5.98. The van der Waals surface area contributed by atoms with E-state index in [0.717, 1.165) is 38.7 Å². The number of nitrogens with one attached hydrogen (secondary N) is 1. The molecule has 2 N–H and O–H groups in total. The van der Waals surface area contributed by atoms with E-state index in [1.165, 1.54) is 0 Å². The molecule has 1 amide bonds. The molecular weight excluding hydrogens is 568 g/mol. The summed E-state index contributed by atoms with van der Waals surface area (Å²) in [7, 11) is 3.43. The molecule has 0 aliphatic carbocycles. The molecule has 0 aliphatic heterocycles. The van der Waals surface area contributed by atoms with Crippen molar-refractivity contribution in [1.82, 2.24) is 4.90 Å². The molecule has 0 atom stereocenters. The van der Waals surface area contributed by atoms with E-state index in [2.05, 4.69) is 11.4 Å². The lowest BCUT2D eigenvalue weighted by Gasteiger charge is -2.18. The maximum atomic E-state index is 13.3. The smallest absolute Gasteiger partial charge is 0.336 e. The van der Waals surface area contributed by atoms with Crippen LogP contribution in [-0.2, 0) is 22.6 Å². The molecule has 0 radical (unpaired) electrons. The van der Waals surface area contributed by atoms with Gasteiger partial charge in [0.1, 0.15) is 5.75 Å². The predicted molar refractivity (Wildman–Crippen MR) is 176 cm³/mol. The zero-order chi connectivity index (χ0) is 31.6. The highest BCUT2D eigenvalue weighted by Gasteiger charge is 2.14. The predicted octanol–water partition coefficient (Wildman–Crippen LogP) is 7.09. The number of hydrogen-bond acceptors (Lipinski definition) is 6. The van der Waals surface area contributed by atoms with E-state index in [1.807, 2.05) is 98.0 Å². The van der Waals surface area contributed by atoms with Gasteiger partial charge in [0.15, 0.2) is 6.79 Å². The van der Waals surface area contributed by atoms with E-state index < -0.39 is 5.97 Å². The van der Waals surface area contributed by atoms with Gasteiger partial charge in [-0.1, -0.05) is 60.7 Å². The summed E-state index contributed by atoms with van der Waals surface area (Å²) in [5.41, 5.74) is 5.64. The first-order chi connectivity index (χ1) is 21.9. The molecule has 0 fully saturated rings. The number of fused-ring (bicyclic) bond motifs is 1. The van der Waals surface area contributed by atoms with Crippen molar-refractivity contribution in [2.45, 2.75) is 13.1 Å². The summed E-state index contributed by atoms with van der Waals surface area (Å²) in [6.07, 6.45) is 0. The Morgan fingerprint density at radius 2 is 1.58 bits per heavy atom. The van der Waals surface area contributed by atoms with E-state index in [4.69, 9.17) is 14.2 Å². The molecule has 0 heterocycles. The Hall–Kier alpha value is -5.18. The Kier molecular flexibility index (Phi) is 10.4. The average Bonchev–Trinajstić information content (AvgIpc) is 3.07. The van der Waals surface area contributed by atoms with E-state index in [-0.39, 0.29) is 12.7 Å². The highest BCUT2D eigenvalue weighted by Crippen LogP contribution is 2.25. The van der Waals surface area contributed by atoms with Crippen molar-refractivity contribution in [3.63, 3.8) is 0 Å². The lowest BCUT2D eigenvalue weighted by Crippen LogP contribution is -2.26. The Labute approximate surface area is 262 Å². The molecule has 5 rings (SSSR count). The van der Waals surface area contributed by atoms with Crippen LogP contribution in [-0.4, -0.2) is 56.0 Å². The number of rotatable bonds is 14. The van der Waals surface area contributed by atoms with Gasteiger partial charge in [-0.2, -0.15) is 0 Å². The minimum absolute atomic E-state index is 0.0610. The molecule has 0 unspecified atom stereocenters. The summed E-state index contributed by atoms with van der Waals surface area (Å²) >= 11 is 0. The fraction of sp³-hybridized carbons (Fsp3) is 0.189. The molecule has 230 valence electrons. The van der Waals surface area contributed by atoms with Crippen molar-refractivity contribution in [3.8, 4) is 16.9 Å². The maximum Gasteiger partial charge on any atom is 0.336 e. The van der Waals surface area contributed by atoms with Gasteiger partial charge >= 0.3 is 5.97 Å². The summed E-state index contributed by atoms with van der Waals surface area (Å²) in [6, 6.07) is 34.6. The molecule has 8 nitrogen and oxygen atoms in total. The second-order valence-electron chi connectivity index (χ2n) is 10.6. The minimum Gasteiger partial charge on any atom is -0.478 e.